The molecule has 5 heteroatoms. The third kappa shape index (κ3) is 1.82. The van der Waals surface area contributed by atoms with Gasteiger partial charge in [0.05, 0.1) is 6.61 Å². The first kappa shape index (κ1) is 8.73. The Kier molecular flexibility index (Phi) is 2.82. The van der Waals surface area contributed by atoms with Crippen LogP contribution in [-0.2, 0) is 7.05 Å². The Morgan fingerprint density at radius 3 is 3.17 bits per heavy atom. The minimum atomic E-state index is -0.189. The SMILES string of the molecule is Cn1nccc(NCCO)c1=O. The Hall–Kier alpha value is -1.36. The molecular weight excluding hydrogens is 158 g/mol. The van der Waals surface area contributed by atoms with Crippen molar-refractivity contribution in [1.82, 2.24) is 9.78 Å². The van der Waals surface area contributed by atoms with Crippen LogP contribution >= 0.6 is 0 Å². The molecule has 0 aliphatic heterocycles. The summed E-state index contributed by atoms with van der Waals surface area (Å²) in [6.07, 6.45) is 1.53. The van der Waals surface area contributed by atoms with Crippen molar-refractivity contribution in [2.75, 3.05) is 18.5 Å². The van der Waals surface area contributed by atoms with Crippen LogP contribution in [0, 0.1) is 0 Å². The summed E-state index contributed by atoms with van der Waals surface area (Å²) in [7, 11) is 1.58. The molecule has 0 saturated carbocycles. The lowest BCUT2D eigenvalue weighted by atomic mass is 10.4. The van der Waals surface area contributed by atoms with Crippen molar-refractivity contribution in [3.8, 4) is 0 Å². The number of hydrogen-bond donors (Lipinski definition) is 2. The van der Waals surface area contributed by atoms with Crippen LogP contribution in [0.5, 0.6) is 0 Å². The maximum atomic E-state index is 11.2. The number of aliphatic hydroxyl groups is 1. The number of aromatic nitrogens is 2. The molecule has 0 fully saturated rings. The standard InChI is InChI=1S/C7H11N3O2/c1-10-7(12)6(2-3-9-10)8-4-5-11/h2-3,8,11H,4-5H2,1H3. The minimum absolute atomic E-state index is 0.00543. The van der Waals surface area contributed by atoms with E-state index in [-0.39, 0.29) is 12.2 Å². The molecule has 0 unspecified atom stereocenters. The van der Waals surface area contributed by atoms with E-state index in [9.17, 15) is 4.79 Å². The smallest absolute Gasteiger partial charge is 0.289 e. The van der Waals surface area contributed by atoms with Gasteiger partial charge >= 0.3 is 0 Å². The number of aliphatic hydroxyl groups excluding tert-OH is 1. The summed E-state index contributed by atoms with van der Waals surface area (Å²) in [5.41, 5.74) is 0.271. The number of rotatable bonds is 3. The normalized spacial score (nSPS) is 9.83. The van der Waals surface area contributed by atoms with E-state index in [4.69, 9.17) is 5.11 Å². The number of nitrogens with zero attached hydrogens (tertiary/aromatic N) is 2. The lowest BCUT2D eigenvalue weighted by Gasteiger charge is -2.03. The Bertz CT molecular complexity index is 308. The van der Waals surface area contributed by atoms with Crippen LogP contribution in [0.15, 0.2) is 17.1 Å². The highest BCUT2D eigenvalue weighted by molar-refractivity contribution is 5.38. The summed E-state index contributed by atoms with van der Waals surface area (Å²) in [6.45, 7) is 0.380. The Morgan fingerprint density at radius 1 is 1.75 bits per heavy atom. The van der Waals surface area contributed by atoms with Crippen molar-refractivity contribution in [3.05, 3.63) is 22.6 Å². The van der Waals surface area contributed by atoms with Gasteiger partial charge in [-0.15, -0.1) is 0 Å². The zero-order valence-corrected chi connectivity index (χ0v) is 6.82. The van der Waals surface area contributed by atoms with E-state index < -0.39 is 0 Å². The molecule has 0 atom stereocenters. The van der Waals surface area contributed by atoms with Crippen LogP contribution in [0.1, 0.15) is 0 Å². The largest absolute Gasteiger partial charge is 0.395 e. The van der Waals surface area contributed by atoms with E-state index in [1.165, 1.54) is 10.9 Å². The molecule has 0 aromatic carbocycles. The van der Waals surface area contributed by atoms with Crippen LogP contribution < -0.4 is 10.9 Å². The topological polar surface area (TPSA) is 67.2 Å². The van der Waals surface area contributed by atoms with Gasteiger partial charge in [-0.25, -0.2) is 4.68 Å². The molecule has 0 saturated heterocycles. The van der Waals surface area contributed by atoms with Crippen LogP contribution in [0.25, 0.3) is 0 Å². The Morgan fingerprint density at radius 2 is 2.50 bits per heavy atom. The van der Waals surface area contributed by atoms with Gasteiger partial charge in [0, 0.05) is 19.8 Å². The molecule has 1 aromatic rings. The Labute approximate surface area is 69.6 Å². The molecule has 0 aliphatic carbocycles. The second kappa shape index (κ2) is 3.87. The third-order valence-electron chi connectivity index (χ3n) is 1.43. The molecule has 1 heterocycles. The maximum Gasteiger partial charge on any atom is 0.289 e. The fourth-order valence-electron chi connectivity index (χ4n) is 0.831. The third-order valence-corrected chi connectivity index (χ3v) is 1.43. The molecule has 0 aliphatic rings. The van der Waals surface area contributed by atoms with E-state index in [0.29, 0.717) is 12.2 Å². The maximum absolute atomic E-state index is 11.2. The van der Waals surface area contributed by atoms with E-state index in [2.05, 4.69) is 10.4 Å². The number of anilines is 1. The predicted molar refractivity (Wildman–Crippen MR) is 45.1 cm³/mol. The van der Waals surface area contributed by atoms with E-state index in [1.54, 1.807) is 13.1 Å². The average molecular weight is 169 g/mol. The van der Waals surface area contributed by atoms with Gasteiger partial charge in [-0.1, -0.05) is 0 Å². The molecule has 1 rings (SSSR count). The van der Waals surface area contributed by atoms with E-state index >= 15 is 0 Å². The van der Waals surface area contributed by atoms with Crippen molar-refractivity contribution < 1.29 is 5.11 Å². The molecule has 0 amide bonds. The number of hydrogen-bond acceptors (Lipinski definition) is 4. The van der Waals surface area contributed by atoms with Crippen molar-refractivity contribution in [2.45, 2.75) is 0 Å². The van der Waals surface area contributed by atoms with E-state index in [0.717, 1.165) is 0 Å². The molecule has 0 spiro atoms. The van der Waals surface area contributed by atoms with Crippen molar-refractivity contribution >= 4 is 5.69 Å². The summed E-state index contributed by atoms with van der Waals surface area (Å²) in [5.74, 6) is 0. The van der Waals surface area contributed by atoms with Gasteiger partial charge < -0.3 is 10.4 Å². The fraction of sp³-hybridized carbons (Fsp3) is 0.429. The summed E-state index contributed by atoms with van der Waals surface area (Å²) < 4.78 is 1.24. The molecule has 66 valence electrons. The first-order valence-corrected chi connectivity index (χ1v) is 3.62. The monoisotopic (exact) mass is 169 g/mol. The first-order valence-electron chi connectivity index (χ1n) is 3.62. The van der Waals surface area contributed by atoms with Crippen LogP contribution in [0.2, 0.25) is 0 Å². The van der Waals surface area contributed by atoms with Crippen molar-refractivity contribution in [3.63, 3.8) is 0 Å². The van der Waals surface area contributed by atoms with Crippen LogP contribution in [0.4, 0.5) is 5.69 Å². The average Bonchev–Trinajstić information content (AvgIpc) is 2.08. The lowest BCUT2D eigenvalue weighted by Crippen LogP contribution is -2.23. The molecule has 12 heavy (non-hydrogen) atoms. The first-order chi connectivity index (χ1) is 5.75. The number of aryl methyl sites for hydroxylation is 1. The number of nitrogens with one attached hydrogen (secondary N) is 1. The van der Waals surface area contributed by atoms with Gasteiger partial charge in [0.2, 0.25) is 0 Å². The van der Waals surface area contributed by atoms with Gasteiger partial charge in [0.15, 0.2) is 0 Å². The van der Waals surface area contributed by atoms with Gasteiger partial charge in [0.1, 0.15) is 5.69 Å². The summed E-state index contributed by atoms with van der Waals surface area (Å²) in [4.78, 5) is 11.2. The Balaban J connectivity index is 2.85. The predicted octanol–water partition coefficient (Wildman–Crippen LogP) is -0.816. The van der Waals surface area contributed by atoms with E-state index in [1.807, 2.05) is 0 Å². The lowest BCUT2D eigenvalue weighted by molar-refractivity contribution is 0.311. The highest BCUT2D eigenvalue weighted by atomic mass is 16.3. The van der Waals surface area contributed by atoms with Gasteiger partial charge in [0.25, 0.3) is 5.56 Å². The second-order valence-electron chi connectivity index (χ2n) is 2.32. The van der Waals surface area contributed by atoms with Crippen LogP contribution in [-0.4, -0.2) is 28.0 Å². The fourth-order valence-corrected chi connectivity index (χ4v) is 0.831. The molecule has 0 bridgehead atoms. The van der Waals surface area contributed by atoms with Gasteiger partial charge in [-0.05, 0) is 6.07 Å². The van der Waals surface area contributed by atoms with Crippen molar-refractivity contribution in [2.24, 2.45) is 7.05 Å². The van der Waals surface area contributed by atoms with Gasteiger partial charge in [-0.3, -0.25) is 4.79 Å². The van der Waals surface area contributed by atoms with Crippen molar-refractivity contribution in [1.29, 1.82) is 0 Å². The zero-order valence-electron chi connectivity index (χ0n) is 6.82. The molecule has 2 N–H and O–H groups in total. The molecule has 0 radical (unpaired) electrons. The zero-order chi connectivity index (χ0) is 8.97. The van der Waals surface area contributed by atoms with Gasteiger partial charge in [-0.2, -0.15) is 5.10 Å². The highest BCUT2D eigenvalue weighted by Gasteiger charge is 1.98. The minimum Gasteiger partial charge on any atom is -0.395 e. The molecular formula is C7H11N3O2. The second-order valence-corrected chi connectivity index (χ2v) is 2.32. The summed E-state index contributed by atoms with van der Waals surface area (Å²) >= 11 is 0. The van der Waals surface area contributed by atoms with Crippen LogP contribution in [0.3, 0.4) is 0 Å². The highest BCUT2D eigenvalue weighted by Crippen LogP contribution is 1.93. The summed E-state index contributed by atoms with van der Waals surface area (Å²) in [5, 5.41) is 15.0. The summed E-state index contributed by atoms with van der Waals surface area (Å²) in [6, 6.07) is 1.58. The quantitative estimate of drug-likeness (QED) is 0.620. The molecule has 1 aromatic heterocycles. The molecule has 5 nitrogen and oxygen atoms in total.